The molecule has 0 saturated heterocycles. The van der Waals surface area contributed by atoms with Gasteiger partial charge in [0.2, 0.25) is 0 Å². The van der Waals surface area contributed by atoms with Crippen LogP contribution in [0.15, 0.2) is 90.1 Å². The zero-order chi connectivity index (χ0) is 28.3. The van der Waals surface area contributed by atoms with Crippen LogP contribution in [0.25, 0.3) is 0 Å². The van der Waals surface area contributed by atoms with E-state index < -0.39 is 5.92 Å². The Bertz CT molecular complexity index is 1190. The van der Waals surface area contributed by atoms with E-state index in [1.165, 1.54) is 45.5 Å². The van der Waals surface area contributed by atoms with Crippen molar-refractivity contribution in [3.8, 4) is 0 Å². The molecule has 2 nitrogen and oxygen atoms in total. The molecule has 0 aliphatic carbocycles. The fraction of sp³-hybridized carbons (Fsp3) is 0.364. The Morgan fingerprint density at radius 2 is 1.68 bits per heavy atom. The Morgan fingerprint density at radius 3 is 2.26 bits per heavy atom. The number of benzene rings is 2. The van der Waals surface area contributed by atoms with E-state index in [0.717, 1.165) is 43.3 Å². The quantitative estimate of drug-likeness (QED) is 0.195. The van der Waals surface area contributed by atoms with Crippen molar-refractivity contribution < 1.29 is 8.78 Å². The molecule has 0 aliphatic rings. The Hall–Kier alpha value is -2.92. The van der Waals surface area contributed by atoms with Gasteiger partial charge >= 0.3 is 0 Å². The highest BCUT2D eigenvalue weighted by atomic mass is 32.2. The largest absolute Gasteiger partial charge is 0.359 e. The van der Waals surface area contributed by atoms with Crippen molar-refractivity contribution in [2.75, 3.05) is 11.1 Å². The minimum atomic E-state index is -2.77. The average molecular weight is 537 g/mol. The van der Waals surface area contributed by atoms with Crippen LogP contribution in [0.2, 0.25) is 0 Å². The highest BCUT2D eigenvalue weighted by Crippen LogP contribution is 2.28. The molecule has 0 bridgehead atoms. The zero-order valence-corrected chi connectivity index (χ0v) is 24.5. The second-order valence-corrected chi connectivity index (χ2v) is 11.3. The molecule has 2 aromatic carbocycles. The van der Waals surface area contributed by atoms with E-state index in [4.69, 9.17) is 0 Å². The van der Waals surface area contributed by atoms with Crippen molar-refractivity contribution in [1.82, 2.24) is 4.98 Å². The average Bonchev–Trinajstić information content (AvgIpc) is 2.87. The standard InChI is InChI=1S/C23H29NS.C10H13F2N/c1-6-17(3)14-21-16-22(11-8-18(21)4)24-19(5)15-20-9-12-23(13-10-20)25-7-2;1-7(2)9-6-8(4-5-13-9)10(3,11)12/h8-13,16,24H,3,5-7,14-15H2,1-2,4H3;4-7H,1-3H3. The Kier molecular flexibility index (Phi) is 12.2. The summed E-state index contributed by atoms with van der Waals surface area (Å²) in [5.74, 6) is -1.48. The van der Waals surface area contributed by atoms with Crippen LogP contribution in [0.3, 0.4) is 0 Å². The summed E-state index contributed by atoms with van der Waals surface area (Å²) in [7, 11) is 0. The molecule has 204 valence electrons. The minimum absolute atomic E-state index is 0.0335. The topological polar surface area (TPSA) is 24.9 Å². The smallest absolute Gasteiger partial charge is 0.270 e. The van der Waals surface area contributed by atoms with Gasteiger partial charge in [0.15, 0.2) is 0 Å². The number of anilines is 1. The molecule has 0 atom stereocenters. The minimum Gasteiger partial charge on any atom is -0.359 e. The third-order valence-corrected chi connectivity index (χ3v) is 7.04. The maximum atomic E-state index is 12.9. The third-order valence-electron chi connectivity index (χ3n) is 6.14. The third kappa shape index (κ3) is 10.4. The Balaban J connectivity index is 0.000000328. The summed E-state index contributed by atoms with van der Waals surface area (Å²) in [6.45, 7) is 19.6. The molecule has 0 saturated carbocycles. The molecular formula is C33H42F2N2S. The summed E-state index contributed by atoms with van der Waals surface area (Å²) in [4.78, 5) is 5.34. The number of aromatic nitrogens is 1. The van der Waals surface area contributed by atoms with E-state index in [1.807, 2.05) is 25.6 Å². The number of pyridine rings is 1. The van der Waals surface area contributed by atoms with Gasteiger partial charge in [0, 0.05) is 47.1 Å². The van der Waals surface area contributed by atoms with Gasteiger partial charge in [-0.25, -0.2) is 8.78 Å². The zero-order valence-electron chi connectivity index (χ0n) is 23.7. The first kappa shape index (κ1) is 31.3. The Labute approximate surface area is 232 Å². The molecule has 1 heterocycles. The fourth-order valence-electron chi connectivity index (χ4n) is 3.74. The molecule has 38 heavy (non-hydrogen) atoms. The number of allylic oxidation sites excluding steroid dienone is 2. The predicted octanol–water partition coefficient (Wildman–Crippen LogP) is 10.1. The van der Waals surface area contributed by atoms with Crippen molar-refractivity contribution in [3.63, 3.8) is 0 Å². The van der Waals surface area contributed by atoms with E-state index in [9.17, 15) is 8.78 Å². The summed E-state index contributed by atoms with van der Waals surface area (Å²) < 4.78 is 25.7. The number of hydrogen-bond acceptors (Lipinski definition) is 3. The van der Waals surface area contributed by atoms with Crippen LogP contribution < -0.4 is 5.32 Å². The lowest BCUT2D eigenvalue weighted by molar-refractivity contribution is 0.0173. The summed E-state index contributed by atoms with van der Waals surface area (Å²) in [6.07, 6.45) is 4.24. The van der Waals surface area contributed by atoms with Gasteiger partial charge in [-0.15, -0.1) is 11.8 Å². The van der Waals surface area contributed by atoms with Gasteiger partial charge in [0.05, 0.1) is 0 Å². The van der Waals surface area contributed by atoms with Gasteiger partial charge in [-0.1, -0.05) is 64.6 Å². The summed E-state index contributed by atoms with van der Waals surface area (Å²) in [5, 5.41) is 3.46. The van der Waals surface area contributed by atoms with Crippen LogP contribution in [0.1, 0.15) is 74.9 Å². The van der Waals surface area contributed by atoms with Crippen molar-refractivity contribution >= 4 is 17.4 Å². The number of rotatable bonds is 11. The molecule has 0 fully saturated rings. The predicted molar refractivity (Wildman–Crippen MR) is 162 cm³/mol. The number of halogens is 2. The molecule has 5 heteroatoms. The summed E-state index contributed by atoms with van der Waals surface area (Å²) in [6, 6.07) is 18.1. The van der Waals surface area contributed by atoms with E-state index in [2.05, 4.69) is 86.7 Å². The van der Waals surface area contributed by atoms with Gasteiger partial charge in [-0.2, -0.15) is 0 Å². The van der Waals surface area contributed by atoms with E-state index >= 15 is 0 Å². The van der Waals surface area contributed by atoms with Crippen LogP contribution in [0, 0.1) is 6.92 Å². The van der Waals surface area contributed by atoms with Crippen LogP contribution in [-0.4, -0.2) is 10.7 Å². The van der Waals surface area contributed by atoms with Crippen molar-refractivity contribution in [2.24, 2.45) is 0 Å². The molecule has 0 spiro atoms. The monoisotopic (exact) mass is 536 g/mol. The Morgan fingerprint density at radius 1 is 1.00 bits per heavy atom. The second-order valence-electron chi connectivity index (χ2n) is 9.92. The van der Waals surface area contributed by atoms with E-state index in [0.29, 0.717) is 5.69 Å². The molecule has 3 aromatic rings. The molecule has 0 aliphatic heterocycles. The molecule has 0 unspecified atom stereocenters. The van der Waals surface area contributed by atoms with Gasteiger partial charge in [-0.05, 0) is 84.5 Å². The molecule has 0 amide bonds. The SMILES string of the molecule is C=C(CC)Cc1cc(NC(=C)Cc2ccc(SCC)cc2)ccc1C.CC(C)c1cc(C(C)(F)F)ccn1. The number of hydrogen-bond donors (Lipinski definition) is 1. The van der Waals surface area contributed by atoms with Crippen LogP contribution in [0.5, 0.6) is 0 Å². The van der Waals surface area contributed by atoms with Crippen LogP contribution in [-0.2, 0) is 18.8 Å². The van der Waals surface area contributed by atoms with Crippen molar-refractivity contribution in [1.29, 1.82) is 0 Å². The number of aryl methyl sites for hydroxylation is 1. The lowest BCUT2D eigenvalue weighted by Gasteiger charge is -2.14. The van der Waals surface area contributed by atoms with Gasteiger partial charge < -0.3 is 5.32 Å². The first-order valence-electron chi connectivity index (χ1n) is 13.2. The first-order valence-corrected chi connectivity index (χ1v) is 14.2. The van der Waals surface area contributed by atoms with Crippen molar-refractivity contribution in [2.45, 2.75) is 77.5 Å². The van der Waals surface area contributed by atoms with Gasteiger partial charge in [-0.3, -0.25) is 4.98 Å². The van der Waals surface area contributed by atoms with Crippen LogP contribution >= 0.6 is 11.8 Å². The number of thioether (sulfide) groups is 1. The first-order chi connectivity index (χ1) is 17.9. The van der Waals surface area contributed by atoms with Crippen LogP contribution in [0.4, 0.5) is 14.5 Å². The molecular weight excluding hydrogens is 494 g/mol. The lowest BCUT2D eigenvalue weighted by Crippen LogP contribution is -2.08. The maximum Gasteiger partial charge on any atom is 0.270 e. The summed E-state index contributed by atoms with van der Waals surface area (Å²) in [5.41, 5.74) is 8.06. The second kappa shape index (κ2) is 14.9. The van der Waals surface area contributed by atoms with Gasteiger partial charge in [0.1, 0.15) is 0 Å². The molecule has 1 aromatic heterocycles. The molecule has 3 rings (SSSR count). The highest BCUT2D eigenvalue weighted by Gasteiger charge is 2.24. The molecule has 0 radical (unpaired) electrons. The lowest BCUT2D eigenvalue weighted by atomic mass is 9.99. The maximum absolute atomic E-state index is 12.9. The van der Waals surface area contributed by atoms with E-state index in [-0.39, 0.29) is 11.5 Å². The highest BCUT2D eigenvalue weighted by molar-refractivity contribution is 7.99. The van der Waals surface area contributed by atoms with E-state index in [1.54, 1.807) is 0 Å². The fourth-order valence-corrected chi connectivity index (χ4v) is 4.40. The van der Waals surface area contributed by atoms with Gasteiger partial charge in [0.25, 0.3) is 5.92 Å². The van der Waals surface area contributed by atoms with Crippen molar-refractivity contribution in [3.05, 3.63) is 113 Å². The summed E-state index contributed by atoms with van der Waals surface area (Å²) >= 11 is 1.87. The normalized spacial score (nSPS) is 11.1. The number of alkyl halides is 2. The number of nitrogens with zero attached hydrogens (tertiary/aromatic N) is 1. The molecule has 1 N–H and O–H groups in total. The number of nitrogens with one attached hydrogen (secondary N) is 1.